The molecule has 0 atom stereocenters. The zero-order valence-corrected chi connectivity index (χ0v) is 11.0. The molecule has 6 nitrogen and oxygen atoms in total. The van der Waals surface area contributed by atoms with E-state index in [-0.39, 0.29) is 10.9 Å². The number of unbranched alkanes of at least 4 members (excludes halogenated alkanes) is 3. The molecule has 102 valence electrons. The van der Waals surface area contributed by atoms with Crippen LogP contribution in [0.3, 0.4) is 0 Å². The number of sulfonamides is 1. The summed E-state index contributed by atoms with van der Waals surface area (Å²) in [7, 11) is -3.74. The maximum atomic E-state index is 11.7. The quantitative estimate of drug-likeness (QED) is 0.705. The minimum atomic E-state index is -3.74. The second-order valence-electron chi connectivity index (χ2n) is 3.88. The van der Waals surface area contributed by atoms with Crippen LogP contribution in [-0.4, -0.2) is 26.0 Å². The van der Waals surface area contributed by atoms with Crippen LogP contribution in [0.25, 0.3) is 0 Å². The number of rotatable bonds is 8. The summed E-state index contributed by atoms with van der Waals surface area (Å²) in [6.45, 7) is 2.39. The highest BCUT2D eigenvalue weighted by Gasteiger charge is 2.20. The summed E-state index contributed by atoms with van der Waals surface area (Å²) in [5.41, 5.74) is 0. The lowest BCUT2D eigenvalue weighted by molar-refractivity contribution is 0.0656. The van der Waals surface area contributed by atoms with Gasteiger partial charge in [0.05, 0.1) is 0 Å². The molecular weight excluding hydrogens is 258 g/mol. The number of carboxylic acids is 1. The number of furan rings is 1. The molecular formula is C11H17NO5S. The standard InChI is InChI=1S/C11H17NO5S/c1-2-3-4-5-8-12-18(15,16)10-7-6-9(17-10)11(13)14/h6-7,12H,2-5,8H2,1H3,(H,13,14). The summed E-state index contributed by atoms with van der Waals surface area (Å²) in [6.07, 6.45) is 3.84. The molecule has 0 aliphatic rings. The summed E-state index contributed by atoms with van der Waals surface area (Å²) in [4.78, 5) is 10.6. The summed E-state index contributed by atoms with van der Waals surface area (Å²) >= 11 is 0. The van der Waals surface area contributed by atoms with Gasteiger partial charge in [0.2, 0.25) is 10.9 Å². The molecule has 0 radical (unpaired) electrons. The molecule has 0 amide bonds. The summed E-state index contributed by atoms with van der Waals surface area (Å²) in [6, 6.07) is 2.26. The normalized spacial score (nSPS) is 11.6. The summed E-state index contributed by atoms with van der Waals surface area (Å²) < 4.78 is 30.5. The van der Waals surface area contributed by atoms with Crippen molar-refractivity contribution >= 4 is 16.0 Å². The molecule has 0 bridgehead atoms. The fourth-order valence-electron chi connectivity index (χ4n) is 1.41. The number of aromatic carboxylic acids is 1. The van der Waals surface area contributed by atoms with Gasteiger partial charge in [0, 0.05) is 6.54 Å². The Hall–Kier alpha value is -1.34. The molecule has 18 heavy (non-hydrogen) atoms. The average Bonchev–Trinajstić information content (AvgIpc) is 2.78. The molecule has 2 N–H and O–H groups in total. The van der Waals surface area contributed by atoms with Crippen molar-refractivity contribution in [2.75, 3.05) is 6.54 Å². The number of nitrogens with one attached hydrogen (secondary N) is 1. The van der Waals surface area contributed by atoms with Crippen LogP contribution in [0.4, 0.5) is 0 Å². The Balaban J connectivity index is 2.54. The van der Waals surface area contributed by atoms with E-state index in [0.29, 0.717) is 6.54 Å². The first-order valence-corrected chi connectivity index (χ1v) is 7.28. The van der Waals surface area contributed by atoms with Crippen LogP contribution >= 0.6 is 0 Å². The highest BCUT2D eigenvalue weighted by molar-refractivity contribution is 7.89. The smallest absolute Gasteiger partial charge is 0.371 e. The molecule has 0 saturated heterocycles. The number of hydrogen-bond donors (Lipinski definition) is 2. The van der Waals surface area contributed by atoms with Gasteiger partial charge in [0.25, 0.3) is 10.0 Å². The zero-order chi connectivity index (χ0) is 13.6. The predicted octanol–water partition coefficient (Wildman–Crippen LogP) is 1.84. The van der Waals surface area contributed by atoms with Gasteiger partial charge in [-0.15, -0.1) is 0 Å². The second-order valence-corrected chi connectivity index (χ2v) is 5.58. The van der Waals surface area contributed by atoms with E-state index in [1.807, 2.05) is 0 Å². The highest BCUT2D eigenvalue weighted by Crippen LogP contribution is 2.13. The van der Waals surface area contributed by atoms with E-state index in [9.17, 15) is 13.2 Å². The molecule has 0 saturated carbocycles. The lowest BCUT2D eigenvalue weighted by atomic mass is 10.2. The van der Waals surface area contributed by atoms with Crippen molar-refractivity contribution in [3.05, 3.63) is 17.9 Å². The lowest BCUT2D eigenvalue weighted by Crippen LogP contribution is -2.24. The zero-order valence-electron chi connectivity index (χ0n) is 10.2. The molecule has 1 aromatic rings. The fourth-order valence-corrected chi connectivity index (χ4v) is 2.41. The van der Waals surface area contributed by atoms with Gasteiger partial charge in [-0.05, 0) is 18.6 Å². The highest BCUT2D eigenvalue weighted by atomic mass is 32.2. The minimum Gasteiger partial charge on any atom is -0.475 e. The van der Waals surface area contributed by atoms with Crippen LogP contribution in [0.5, 0.6) is 0 Å². The monoisotopic (exact) mass is 275 g/mol. The first kappa shape index (κ1) is 14.7. The number of carbonyl (C=O) groups is 1. The first-order valence-electron chi connectivity index (χ1n) is 5.80. The maximum Gasteiger partial charge on any atom is 0.371 e. The van der Waals surface area contributed by atoms with Gasteiger partial charge < -0.3 is 9.52 Å². The number of carboxylic acid groups (broad SMARTS) is 1. The Bertz CT molecular complexity index is 491. The molecule has 0 spiro atoms. The molecule has 1 aromatic heterocycles. The van der Waals surface area contributed by atoms with Gasteiger partial charge in [-0.2, -0.15) is 0 Å². The van der Waals surface area contributed by atoms with E-state index in [0.717, 1.165) is 37.8 Å². The van der Waals surface area contributed by atoms with E-state index < -0.39 is 16.0 Å². The Morgan fingerprint density at radius 2 is 2.06 bits per heavy atom. The van der Waals surface area contributed by atoms with Gasteiger partial charge in [-0.3, -0.25) is 0 Å². The van der Waals surface area contributed by atoms with Crippen LogP contribution in [0.15, 0.2) is 21.6 Å². The molecule has 0 unspecified atom stereocenters. The molecule has 0 aromatic carbocycles. The van der Waals surface area contributed by atoms with Crippen molar-refractivity contribution in [3.8, 4) is 0 Å². The van der Waals surface area contributed by atoms with Gasteiger partial charge in [-0.1, -0.05) is 26.2 Å². The van der Waals surface area contributed by atoms with Crippen molar-refractivity contribution in [2.45, 2.75) is 37.7 Å². The van der Waals surface area contributed by atoms with Crippen LogP contribution in [0.2, 0.25) is 0 Å². The van der Waals surface area contributed by atoms with Crippen LogP contribution in [-0.2, 0) is 10.0 Å². The molecule has 0 aliphatic heterocycles. The Labute approximate surface area is 106 Å². The third-order valence-corrected chi connectivity index (χ3v) is 3.71. The van der Waals surface area contributed by atoms with E-state index in [4.69, 9.17) is 9.52 Å². The van der Waals surface area contributed by atoms with E-state index in [1.165, 1.54) is 0 Å². The SMILES string of the molecule is CCCCCCNS(=O)(=O)c1ccc(C(=O)O)o1. The van der Waals surface area contributed by atoms with Crippen LogP contribution in [0, 0.1) is 0 Å². The van der Waals surface area contributed by atoms with Crippen molar-refractivity contribution in [1.82, 2.24) is 4.72 Å². The van der Waals surface area contributed by atoms with Crippen LogP contribution in [0.1, 0.15) is 43.2 Å². The van der Waals surface area contributed by atoms with Gasteiger partial charge in [0.1, 0.15) is 0 Å². The van der Waals surface area contributed by atoms with E-state index >= 15 is 0 Å². The third-order valence-electron chi connectivity index (χ3n) is 2.38. The van der Waals surface area contributed by atoms with Gasteiger partial charge in [-0.25, -0.2) is 17.9 Å². The lowest BCUT2D eigenvalue weighted by Gasteiger charge is -2.03. The van der Waals surface area contributed by atoms with E-state index in [2.05, 4.69) is 11.6 Å². The third kappa shape index (κ3) is 4.15. The second kappa shape index (κ2) is 6.55. The summed E-state index contributed by atoms with van der Waals surface area (Å²) in [5, 5.41) is 8.26. The first-order chi connectivity index (χ1) is 8.47. The van der Waals surface area contributed by atoms with Crippen molar-refractivity contribution in [3.63, 3.8) is 0 Å². The molecule has 1 rings (SSSR count). The van der Waals surface area contributed by atoms with Crippen molar-refractivity contribution in [2.24, 2.45) is 0 Å². The number of hydrogen-bond acceptors (Lipinski definition) is 4. The van der Waals surface area contributed by atoms with Crippen molar-refractivity contribution in [1.29, 1.82) is 0 Å². The minimum absolute atomic E-state index is 0.325. The molecule has 7 heteroatoms. The Morgan fingerprint density at radius 3 is 2.61 bits per heavy atom. The maximum absolute atomic E-state index is 11.7. The Kier molecular flexibility index (Phi) is 5.36. The van der Waals surface area contributed by atoms with Crippen molar-refractivity contribution < 1.29 is 22.7 Å². The molecule has 0 aliphatic carbocycles. The largest absolute Gasteiger partial charge is 0.475 e. The van der Waals surface area contributed by atoms with E-state index in [1.54, 1.807) is 0 Å². The van der Waals surface area contributed by atoms with Gasteiger partial charge >= 0.3 is 5.97 Å². The summed E-state index contributed by atoms with van der Waals surface area (Å²) in [5.74, 6) is -1.68. The molecule has 1 heterocycles. The van der Waals surface area contributed by atoms with Gasteiger partial charge in [0.15, 0.2) is 0 Å². The Morgan fingerprint density at radius 1 is 1.33 bits per heavy atom. The predicted molar refractivity (Wildman–Crippen MR) is 65.0 cm³/mol. The average molecular weight is 275 g/mol. The van der Waals surface area contributed by atoms with Crippen LogP contribution < -0.4 is 4.72 Å². The topological polar surface area (TPSA) is 96.6 Å². The fraction of sp³-hybridized carbons (Fsp3) is 0.545. The molecule has 0 fully saturated rings.